The molecule has 0 radical (unpaired) electrons. The van der Waals surface area contributed by atoms with Crippen molar-refractivity contribution in [2.45, 2.75) is 13.5 Å². The molecule has 0 aromatic carbocycles. The normalized spacial score (nSPS) is 11.3. The summed E-state index contributed by atoms with van der Waals surface area (Å²) in [5.41, 5.74) is 5.88. The molecule has 3 N–H and O–H groups in total. The molecule has 0 spiro atoms. The lowest BCUT2D eigenvalue weighted by molar-refractivity contribution is 0.0599. The number of aliphatic imine (C=N–C) groups is 1. The quantitative estimate of drug-likeness (QED) is 0.441. The van der Waals surface area contributed by atoms with E-state index >= 15 is 0 Å². The second kappa shape index (κ2) is 5.20. The summed E-state index contributed by atoms with van der Waals surface area (Å²) in [7, 11) is 2.91. The van der Waals surface area contributed by atoms with Gasteiger partial charge in [-0.05, 0) is 13.0 Å². The first-order valence-electron chi connectivity index (χ1n) is 4.72. The fourth-order valence-corrected chi connectivity index (χ4v) is 1.20. The predicted octanol–water partition coefficient (Wildman–Crippen LogP) is 0.409. The van der Waals surface area contributed by atoms with Crippen LogP contribution in [0.15, 0.2) is 15.5 Å². The molecule has 1 heterocycles. The van der Waals surface area contributed by atoms with Gasteiger partial charge in [-0.1, -0.05) is 0 Å². The molecule has 0 atom stereocenters. The van der Waals surface area contributed by atoms with Gasteiger partial charge in [0.25, 0.3) is 0 Å². The minimum atomic E-state index is -0.412. The number of furan rings is 1. The Morgan fingerprint density at radius 2 is 2.38 bits per heavy atom. The van der Waals surface area contributed by atoms with Crippen molar-refractivity contribution < 1.29 is 13.9 Å². The van der Waals surface area contributed by atoms with E-state index in [9.17, 15) is 4.79 Å². The Morgan fingerprint density at radius 1 is 1.69 bits per heavy atom. The maximum Gasteiger partial charge on any atom is 0.341 e. The average Bonchev–Trinajstić information content (AvgIpc) is 2.66. The highest BCUT2D eigenvalue weighted by Gasteiger charge is 2.14. The van der Waals surface area contributed by atoms with Crippen LogP contribution in [-0.4, -0.2) is 26.1 Å². The number of ether oxygens (including phenoxy) is 1. The van der Waals surface area contributed by atoms with Gasteiger partial charge in [0, 0.05) is 7.05 Å². The lowest BCUT2D eigenvalue weighted by Crippen LogP contribution is -2.30. The molecule has 0 amide bonds. The van der Waals surface area contributed by atoms with E-state index in [4.69, 9.17) is 10.2 Å². The van der Waals surface area contributed by atoms with Crippen LogP contribution in [0.25, 0.3) is 0 Å². The standard InChI is InChI=1S/C10H15N3O3/c1-6-8(9(14)15-3)4-7(16-6)5-13-10(11)12-2/h4H,5H2,1-3H3,(H3,11,12,13). The predicted molar refractivity (Wildman–Crippen MR) is 59.2 cm³/mol. The number of carbonyl (C=O) groups is 1. The largest absolute Gasteiger partial charge is 0.465 e. The Balaban J connectivity index is 2.73. The van der Waals surface area contributed by atoms with E-state index in [0.717, 1.165) is 0 Å². The number of nitrogens with one attached hydrogen (secondary N) is 1. The van der Waals surface area contributed by atoms with Gasteiger partial charge in [-0.3, -0.25) is 4.99 Å². The van der Waals surface area contributed by atoms with Gasteiger partial charge >= 0.3 is 5.97 Å². The summed E-state index contributed by atoms with van der Waals surface area (Å²) in [6, 6.07) is 1.62. The molecule has 16 heavy (non-hydrogen) atoms. The van der Waals surface area contributed by atoms with Gasteiger partial charge in [-0.2, -0.15) is 0 Å². The molecular weight excluding hydrogens is 210 g/mol. The second-order valence-corrected chi connectivity index (χ2v) is 3.14. The van der Waals surface area contributed by atoms with Crippen molar-refractivity contribution in [1.29, 1.82) is 0 Å². The number of rotatable bonds is 3. The second-order valence-electron chi connectivity index (χ2n) is 3.14. The first-order chi connectivity index (χ1) is 7.58. The molecule has 0 aliphatic heterocycles. The highest BCUT2D eigenvalue weighted by atomic mass is 16.5. The summed E-state index contributed by atoms with van der Waals surface area (Å²) in [5.74, 6) is 1.03. The third kappa shape index (κ3) is 2.75. The van der Waals surface area contributed by atoms with Crippen LogP contribution in [0.5, 0.6) is 0 Å². The summed E-state index contributed by atoms with van der Waals surface area (Å²) in [4.78, 5) is 15.0. The van der Waals surface area contributed by atoms with Crippen LogP contribution < -0.4 is 11.1 Å². The van der Waals surface area contributed by atoms with Crippen LogP contribution in [-0.2, 0) is 11.3 Å². The molecular formula is C10H15N3O3. The molecule has 0 unspecified atom stereocenters. The van der Waals surface area contributed by atoms with Crippen LogP contribution in [0.3, 0.4) is 0 Å². The Morgan fingerprint density at radius 3 is 2.94 bits per heavy atom. The van der Waals surface area contributed by atoms with Crippen LogP contribution in [0.4, 0.5) is 0 Å². The Hall–Kier alpha value is -1.98. The lowest BCUT2D eigenvalue weighted by Gasteiger charge is -2.00. The van der Waals surface area contributed by atoms with Crippen molar-refractivity contribution in [3.05, 3.63) is 23.2 Å². The van der Waals surface area contributed by atoms with Gasteiger partial charge in [0.15, 0.2) is 5.96 Å². The van der Waals surface area contributed by atoms with Gasteiger partial charge in [0.2, 0.25) is 0 Å². The summed E-state index contributed by atoms with van der Waals surface area (Å²) >= 11 is 0. The van der Waals surface area contributed by atoms with E-state index in [1.165, 1.54) is 7.11 Å². The van der Waals surface area contributed by atoms with E-state index in [-0.39, 0.29) is 0 Å². The first kappa shape index (κ1) is 12.1. The molecule has 0 aliphatic rings. The molecule has 0 saturated heterocycles. The molecule has 6 nitrogen and oxygen atoms in total. The molecule has 1 rings (SSSR count). The highest BCUT2D eigenvalue weighted by molar-refractivity contribution is 5.90. The van der Waals surface area contributed by atoms with Crippen LogP contribution in [0.2, 0.25) is 0 Å². The number of esters is 1. The molecule has 1 aromatic rings. The van der Waals surface area contributed by atoms with Crippen molar-refractivity contribution in [2.75, 3.05) is 14.2 Å². The number of nitrogens with zero attached hydrogens (tertiary/aromatic N) is 1. The molecule has 88 valence electrons. The first-order valence-corrected chi connectivity index (χ1v) is 4.72. The van der Waals surface area contributed by atoms with E-state index in [1.807, 2.05) is 0 Å². The fourth-order valence-electron chi connectivity index (χ4n) is 1.20. The number of guanidine groups is 1. The summed E-state index contributed by atoms with van der Waals surface area (Å²) in [6.45, 7) is 2.08. The van der Waals surface area contributed by atoms with Crippen molar-refractivity contribution in [1.82, 2.24) is 5.32 Å². The zero-order valence-electron chi connectivity index (χ0n) is 9.53. The summed E-state index contributed by atoms with van der Waals surface area (Å²) in [5, 5.41) is 2.83. The van der Waals surface area contributed by atoms with Crippen molar-refractivity contribution in [3.63, 3.8) is 0 Å². The van der Waals surface area contributed by atoms with E-state index < -0.39 is 5.97 Å². The minimum Gasteiger partial charge on any atom is -0.465 e. The lowest BCUT2D eigenvalue weighted by atomic mass is 10.2. The number of hydrogen-bond acceptors (Lipinski definition) is 4. The van der Waals surface area contributed by atoms with Crippen molar-refractivity contribution in [2.24, 2.45) is 10.7 Å². The maximum atomic E-state index is 11.3. The number of aryl methyl sites for hydroxylation is 1. The molecule has 0 bridgehead atoms. The Bertz CT molecular complexity index is 409. The average molecular weight is 225 g/mol. The fraction of sp³-hybridized carbons (Fsp3) is 0.400. The molecule has 0 saturated carbocycles. The maximum absolute atomic E-state index is 11.3. The molecule has 0 aliphatic carbocycles. The van der Waals surface area contributed by atoms with Crippen LogP contribution >= 0.6 is 0 Å². The Kier molecular flexibility index (Phi) is 3.93. The molecule has 0 fully saturated rings. The molecule has 1 aromatic heterocycles. The van der Waals surface area contributed by atoms with E-state index in [2.05, 4.69) is 15.0 Å². The monoisotopic (exact) mass is 225 g/mol. The third-order valence-corrected chi connectivity index (χ3v) is 2.06. The van der Waals surface area contributed by atoms with Gasteiger partial charge in [-0.15, -0.1) is 0 Å². The SMILES string of the molecule is CN=C(N)NCc1cc(C(=O)OC)c(C)o1. The summed E-state index contributed by atoms with van der Waals surface area (Å²) in [6.07, 6.45) is 0. The van der Waals surface area contributed by atoms with Gasteiger partial charge in [0.05, 0.1) is 13.7 Å². The number of hydrogen-bond donors (Lipinski definition) is 2. The third-order valence-electron chi connectivity index (χ3n) is 2.06. The van der Waals surface area contributed by atoms with Gasteiger partial charge < -0.3 is 20.2 Å². The van der Waals surface area contributed by atoms with Crippen LogP contribution in [0.1, 0.15) is 21.9 Å². The van der Waals surface area contributed by atoms with Crippen molar-refractivity contribution >= 4 is 11.9 Å². The topological polar surface area (TPSA) is 89.8 Å². The molecule has 6 heteroatoms. The highest BCUT2D eigenvalue weighted by Crippen LogP contribution is 2.15. The Labute approximate surface area is 93.5 Å². The number of methoxy groups -OCH3 is 1. The zero-order chi connectivity index (χ0) is 12.1. The van der Waals surface area contributed by atoms with Crippen LogP contribution in [0, 0.1) is 6.92 Å². The summed E-state index contributed by atoms with van der Waals surface area (Å²) < 4.78 is 9.97. The zero-order valence-corrected chi connectivity index (χ0v) is 9.53. The van der Waals surface area contributed by atoms with Gasteiger partial charge in [0.1, 0.15) is 17.1 Å². The van der Waals surface area contributed by atoms with Gasteiger partial charge in [-0.25, -0.2) is 4.79 Å². The minimum absolute atomic E-state index is 0.314. The smallest absolute Gasteiger partial charge is 0.341 e. The van der Waals surface area contributed by atoms with E-state index in [0.29, 0.717) is 29.6 Å². The van der Waals surface area contributed by atoms with E-state index in [1.54, 1.807) is 20.0 Å². The number of carbonyl (C=O) groups excluding carboxylic acids is 1. The number of nitrogens with two attached hydrogens (primary N) is 1. The van der Waals surface area contributed by atoms with Crippen molar-refractivity contribution in [3.8, 4) is 0 Å².